The molecule has 0 spiro atoms. The van der Waals surface area contributed by atoms with E-state index in [1.165, 1.54) is 16.7 Å². The highest BCUT2D eigenvalue weighted by molar-refractivity contribution is 5.97. The van der Waals surface area contributed by atoms with Gasteiger partial charge < -0.3 is 5.11 Å². The Bertz CT molecular complexity index is 3260. The zero-order valence-corrected chi connectivity index (χ0v) is 43.7. The van der Waals surface area contributed by atoms with Gasteiger partial charge in [-0.2, -0.15) is 0 Å². The Morgan fingerprint density at radius 2 is 1.16 bits per heavy atom. The summed E-state index contributed by atoms with van der Waals surface area (Å²) in [5.74, 6) is 0.575. The lowest BCUT2D eigenvalue weighted by molar-refractivity contribution is 0.426. The van der Waals surface area contributed by atoms with Crippen LogP contribution in [0.25, 0.3) is 72.7 Å². The summed E-state index contributed by atoms with van der Waals surface area (Å²) in [4.78, 5) is 10.4. The van der Waals surface area contributed by atoms with Crippen LogP contribution in [0.15, 0.2) is 128 Å². The lowest BCUT2D eigenvalue weighted by atomic mass is 9.68. The van der Waals surface area contributed by atoms with Crippen LogP contribution in [0, 0.1) is 20.7 Å². The van der Waals surface area contributed by atoms with Gasteiger partial charge in [-0.15, -0.1) is 0 Å². The van der Waals surface area contributed by atoms with Gasteiger partial charge in [-0.05, 0) is 183 Å². The standard InChI is InChI=1S/C65H75N3O/c1-16-64(14,17-2)53-23-21-24-54(65(15,18-3)19-4)58(53)46-28-31-56(42(6)36-46)68-57-25-20-22-51(59(57)67-61(68)52-35-41(5)34-43(7)60(52)69)47-37-48(39-50(38-47)63(11,12)13)55-40-45(32-33-66-55)44-26-29-49(30-27-44)62(8,9)10/h20-40,69H,16-19H2,1-15H3/i6D3. The molecule has 0 bridgehead atoms. The van der Waals surface area contributed by atoms with Crippen molar-refractivity contribution in [1.29, 1.82) is 0 Å². The summed E-state index contributed by atoms with van der Waals surface area (Å²) in [6.07, 6.45) is 5.67. The Morgan fingerprint density at radius 3 is 1.77 bits per heavy atom. The molecule has 4 nitrogen and oxygen atoms in total. The van der Waals surface area contributed by atoms with Gasteiger partial charge in [0.2, 0.25) is 0 Å². The van der Waals surface area contributed by atoms with E-state index in [2.05, 4.69) is 168 Å². The van der Waals surface area contributed by atoms with Crippen LogP contribution in [-0.2, 0) is 21.7 Å². The van der Waals surface area contributed by atoms with Crippen LogP contribution in [0.5, 0.6) is 5.75 Å². The molecule has 69 heavy (non-hydrogen) atoms. The van der Waals surface area contributed by atoms with E-state index in [1.807, 2.05) is 61.0 Å². The average Bonchev–Trinajstić information content (AvgIpc) is 3.75. The zero-order chi connectivity index (χ0) is 52.3. The van der Waals surface area contributed by atoms with Crippen molar-refractivity contribution in [1.82, 2.24) is 14.5 Å². The molecule has 8 aromatic rings. The fourth-order valence-electron chi connectivity index (χ4n) is 10.2. The van der Waals surface area contributed by atoms with Crippen molar-refractivity contribution >= 4 is 11.0 Å². The van der Waals surface area contributed by atoms with Gasteiger partial charge in [0.25, 0.3) is 0 Å². The maximum atomic E-state index is 12.0. The summed E-state index contributed by atoms with van der Waals surface area (Å²) in [7, 11) is 0. The summed E-state index contributed by atoms with van der Waals surface area (Å²) in [5, 5.41) is 12.0. The second kappa shape index (κ2) is 18.6. The highest BCUT2D eigenvalue weighted by Crippen LogP contribution is 2.47. The van der Waals surface area contributed by atoms with E-state index in [4.69, 9.17) is 9.97 Å². The van der Waals surface area contributed by atoms with Crippen LogP contribution in [-0.4, -0.2) is 19.6 Å². The molecule has 1 N–H and O–H groups in total. The summed E-state index contributed by atoms with van der Waals surface area (Å²) in [6, 6.07) is 42.5. The first-order chi connectivity index (χ1) is 33.8. The number of pyridine rings is 1. The van der Waals surface area contributed by atoms with E-state index in [1.54, 1.807) is 0 Å². The molecule has 0 aliphatic heterocycles. The third-order valence-electron chi connectivity index (χ3n) is 15.6. The molecule has 0 aliphatic carbocycles. The van der Waals surface area contributed by atoms with Crippen LogP contribution in [0.2, 0.25) is 0 Å². The number of phenolic OH excluding ortho intramolecular Hbond substituents is 1. The maximum absolute atomic E-state index is 12.0. The molecule has 4 heteroatoms. The molecule has 0 aliphatic rings. The fourth-order valence-corrected chi connectivity index (χ4v) is 10.2. The number of aromatic hydroxyl groups is 1. The van der Waals surface area contributed by atoms with Crippen molar-refractivity contribution < 1.29 is 9.22 Å². The van der Waals surface area contributed by atoms with Gasteiger partial charge in [0.1, 0.15) is 11.6 Å². The van der Waals surface area contributed by atoms with Crippen molar-refractivity contribution in [2.45, 2.75) is 151 Å². The van der Waals surface area contributed by atoms with Crippen molar-refractivity contribution in [3.05, 3.63) is 166 Å². The lowest BCUT2D eigenvalue weighted by Crippen LogP contribution is -2.25. The topological polar surface area (TPSA) is 50.9 Å². The number of aromatic nitrogens is 3. The number of aryl methyl sites for hydroxylation is 3. The fraction of sp³-hybridized carbons (Fsp3) is 0.354. The molecule has 2 aromatic heterocycles. The minimum atomic E-state index is -2.51. The van der Waals surface area contributed by atoms with Gasteiger partial charge in [-0.3, -0.25) is 9.55 Å². The van der Waals surface area contributed by atoms with Crippen molar-refractivity contribution in [2.75, 3.05) is 0 Å². The summed E-state index contributed by atoms with van der Waals surface area (Å²) in [6.45, 7) is 28.4. The van der Waals surface area contributed by atoms with E-state index >= 15 is 0 Å². The molecule has 0 saturated heterocycles. The van der Waals surface area contributed by atoms with Crippen LogP contribution < -0.4 is 0 Å². The summed E-state index contributed by atoms with van der Waals surface area (Å²) in [5.41, 5.74) is 16.8. The van der Waals surface area contributed by atoms with E-state index in [0.29, 0.717) is 28.2 Å². The highest BCUT2D eigenvalue weighted by Gasteiger charge is 2.33. The van der Waals surface area contributed by atoms with Gasteiger partial charge in [0, 0.05) is 21.4 Å². The number of benzene rings is 6. The molecule has 0 fully saturated rings. The molecular weight excluding hydrogens is 839 g/mol. The molecule has 8 rings (SSSR count). The predicted octanol–water partition coefficient (Wildman–Crippen LogP) is 18.1. The van der Waals surface area contributed by atoms with Gasteiger partial charge in [-0.1, -0.05) is 156 Å². The molecule has 356 valence electrons. The van der Waals surface area contributed by atoms with Crippen molar-refractivity contribution in [2.24, 2.45) is 0 Å². The molecule has 0 saturated carbocycles. The maximum Gasteiger partial charge on any atom is 0.149 e. The first-order valence-electron chi connectivity index (χ1n) is 26.7. The Labute approximate surface area is 418 Å². The molecule has 6 aromatic carbocycles. The Hall–Kier alpha value is -6.26. The quantitative estimate of drug-likeness (QED) is 0.133. The van der Waals surface area contributed by atoms with Crippen molar-refractivity contribution in [3.8, 4) is 67.5 Å². The number of nitrogens with zero attached hydrogens (tertiary/aromatic N) is 3. The summed E-state index contributed by atoms with van der Waals surface area (Å²) >= 11 is 0. The smallest absolute Gasteiger partial charge is 0.149 e. The minimum Gasteiger partial charge on any atom is -0.507 e. The highest BCUT2D eigenvalue weighted by atomic mass is 16.3. The number of hydrogen-bond donors (Lipinski definition) is 1. The van der Waals surface area contributed by atoms with Crippen LogP contribution in [0.3, 0.4) is 0 Å². The monoisotopic (exact) mass is 917 g/mol. The first kappa shape index (κ1) is 45.2. The van der Waals surface area contributed by atoms with Gasteiger partial charge in [0.15, 0.2) is 0 Å². The van der Waals surface area contributed by atoms with Crippen molar-refractivity contribution in [3.63, 3.8) is 0 Å². The number of hydrogen-bond acceptors (Lipinski definition) is 3. The third kappa shape index (κ3) is 9.20. The average molecular weight is 917 g/mol. The first-order valence-corrected chi connectivity index (χ1v) is 25.2. The number of imidazole rings is 1. The second-order valence-corrected chi connectivity index (χ2v) is 22.2. The Kier molecular flexibility index (Phi) is 12.2. The molecular formula is C65H75N3O. The number of phenols is 1. The van der Waals surface area contributed by atoms with E-state index in [-0.39, 0.29) is 33.0 Å². The lowest BCUT2D eigenvalue weighted by Gasteiger charge is -2.36. The third-order valence-corrected chi connectivity index (χ3v) is 15.6. The van der Waals surface area contributed by atoms with E-state index in [9.17, 15) is 9.22 Å². The molecule has 0 unspecified atom stereocenters. The molecule has 0 atom stereocenters. The Balaban J connectivity index is 1.40. The van der Waals surface area contributed by atoms with Crippen LogP contribution in [0.1, 0.15) is 152 Å². The van der Waals surface area contributed by atoms with E-state index in [0.717, 1.165) is 87.0 Å². The minimum absolute atomic E-state index is 0.0564. The molecule has 0 amide bonds. The SMILES string of the molecule is [2H]C([2H])([2H])c1cc(-c2c(C(C)(CC)CC)cccc2C(C)(CC)CC)ccc1-n1c(-c2cc(C)cc(C)c2O)nc2c(-c3cc(-c4cc(-c5ccc(C(C)(C)C)cc5)ccn4)cc(C(C)(C)C)c3)cccc21. The summed E-state index contributed by atoms with van der Waals surface area (Å²) < 4.78 is 29.8. The molecule has 2 heterocycles. The van der Waals surface area contributed by atoms with Gasteiger partial charge in [-0.25, -0.2) is 4.98 Å². The largest absolute Gasteiger partial charge is 0.507 e. The number of fused-ring (bicyclic) bond motifs is 1. The normalized spacial score (nSPS) is 13.4. The van der Waals surface area contributed by atoms with Gasteiger partial charge in [0.05, 0.1) is 28.0 Å². The van der Waals surface area contributed by atoms with Gasteiger partial charge >= 0.3 is 0 Å². The predicted molar refractivity (Wildman–Crippen MR) is 295 cm³/mol. The molecule has 0 radical (unpaired) electrons. The number of rotatable bonds is 12. The van der Waals surface area contributed by atoms with Crippen LogP contribution >= 0.6 is 0 Å². The van der Waals surface area contributed by atoms with E-state index < -0.39 is 6.85 Å². The van der Waals surface area contributed by atoms with Crippen LogP contribution in [0.4, 0.5) is 0 Å². The second-order valence-electron chi connectivity index (χ2n) is 22.2. The zero-order valence-electron chi connectivity index (χ0n) is 46.7. The number of para-hydroxylation sites is 1. The Morgan fingerprint density at radius 1 is 0.551 bits per heavy atom.